The predicted molar refractivity (Wildman–Crippen MR) is 119 cm³/mol. The largest absolute Gasteiger partial charge is 0.443 e. The molecule has 0 bridgehead atoms. The number of fused-ring (bicyclic) bond motifs is 1. The SMILES string of the molecule is O=S(=O)(C1CC1)N(CC(O)CO)c1cc2ocnc2c(F)c1Nc1ccc(Br)cc1Cl. The van der Waals surface area contributed by atoms with E-state index >= 15 is 4.39 Å². The highest BCUT2D eigenvalue weighted by molar-refractivity contribution is 9.10. The lowest BCUT2D eigenvalue weighted by atomic mass is 10.2. The standard InChI is InChI=1S/C19H18BrClFN3O5S/c20-10-1-4-14(13(21)5-10)24-18-15(6-16-19(17(18)22)23-9-30-16)25(7-11(27)8-26)31(28,29)12-2-3-12/h1,4-6,9,11-12,24,26-27H,2-3,7-8H2. The molecule has 31 heavy (non-hydrogen) atoms. The van der Waals surface area contributed by atoms with Gasteiger partial charge in [-0.15, -0.1) is 0 Å². The average molecular weight is 535 g/mol. The molecule has 1 fully saturated rings. The quantitative estimate of drug-likeness (QED) is 0.403. The van der Waals surface area contributed by atoms with E-state index in [0.717, 1.165) is 10.7 Å². The van der Waals surface area contributed by atoms with E-state index in [2.05, 4.69) is 26.2 Å². The molecular weight excluding hydrogens is 517 g/mol. The van der Waals surface area contributed by atoms with Crippen molar-refractivity contribution in [3.63, 3.8) is 0 Å². The summed E-state index contributed by atoms with van der Waals surface area (Å²) < 4.78 is 48.6. The minimum absolute atomic E-state index is 0.0365. The molecule has 1 aliphatic rings. The molecule has 1 aromatic heterocycles. The maximum absolute atomic E-state index is 15.5. The number of aliphatic hydroxyl groups is 2. The molecule has 2 aromatic carbocycles. The second kappa shape index (κ2) is 8.55. The normalized spacial score (nSPS) is 15.3. The number of aliphatic hydroxyl groups excluding tert-OH is 2. The van der Waals surface area contributed by atoms with Crippen LogP contribution in [-0.4, -0.2) is 48.1 Å². The highest BCUT2D eigenvalue weighted by atomic mass is 79.9. The van der Waals surface area contributed by atoms with Crippen LogP contribution in [0.4, 0.5) is 21.5 Å². The van der Waals surface area contributed by atoms with Crippen LogP contribution in [0.25, 0.3) is 11.1 Å². The fourth-order valence-corrected chi connectivity index (χ4v) is 5.74. The summed E-state index contributed by atoms with van der Waals surface area (Å²) in [6.45, 7) is -1.12. The van der Waals surface area contributed by atoms with Gasteiger partial charge in [-0.25, -0.2) is 17.8 Å². The Balaban J connectivity index is 1.90. The molecule has 4 rings (SSSR count). The van der Waals surface area contributed by atoms with E-state index in [9.17, 15) is 18.6 Å². The monoisotopic (exact) mass is 533 g/mol. The van der Waals surface area contributed by atoms with Crippen molar-refractivity contribution in [1.29, 1.82) is 0 Å². The molecule has 12 heteroatoms. The van der Waals surface area contributed by atoms with Crippen LogP contribution in [0.3, 0.4) is 0 Å². The minimum atomic E-state index is -3.93. The summed E-state index contributed by atoms with van der Waals surface area (Å²) in [6.07, 6.45) is 0.604. The van der Waals surface area contributed by atoms with E-state index < -0.39 is 40.3 Å². The molecule has 3 N–H and O–H groups in total. The maximum Gasteiger partial charge on any atom is 0.238 e. The number of sulfonamides is 1. The highest BCUT2D eigenvalue weighted by Gasteiger charge is 2.42. The van der Waals surface area contributed by atoms with Crippen molar-refractivity contribution in [3.05, 3.63) is 46.0 Å². The third-order valence-electron chi connectivity index (χ3n) is 4.85. The Labute approximate surface area is 190 Å². The van der Waals surface area contributed by atoms with E-state index in [4.69, 9.17) is 16.0 Å². The number of benzene rings is 2. The topological polar surface area (TPSA) is 116 Å². The van der Waals surface area contributed by atoms with Crippen molar-refractivity contribution >= 4 is 65.7 Å². The molecule has 166 valence electrons. The number of aromatic nitrogens is 1. The predicted octanol–water partition coefficient (Wildman–Crippen LogP) is 3.78. The molecule has 1 saturated carbocycles. The fourth-order valence-electron chi connectivity index (χ4n) is 3.13. The van der Waals surface area contributed by atoms with E-state index in [1.54, 1.807) is 18.2 Å². The minimum Gasteiger partial charge on any atom is -0.443 e. The number of hydrogen-bond acceptors (Lipinski definition) is 7. The van der Waals surface area contributed by atoms with Crippen LogP contribution in [0.2, 0.25) is 5.02 Å². The number of anilines is 3. The van der Waals surface area contributed by atoms with Crippen molar-refractivity contribution < 1.29 is 27.4 Å². The first-order valence-corrected chi connectivity index (χ1v) is 12.0. The molecule has 8 nitrogen and oxygen atoms in total. The molecule has 3 aromatic rings. The van der Waals surface area contributed by atoms with Crippen LogP contribution in [0, 0.1) is 5.82 Å². The van der Waals surface area contributed by atoms with Crippen molar-refractivity contribution in [2.45, 2.75) is 24.2 Å². The maximum atomic E-state index is 15.5. The summed E-state index contributed by atoms with van der Waals surface area (Å²) >= 11 is 9.56. The summed E-state index contributed by atoms with van der Waals surface area (Å²) in [6, 6.07) is 6.23. The van der Waals surface area contributed by atoms with E-state index in [1.807, 2.05) is 0 Å². The molecule has 0 saturated heterocycles. The van der Waals surface area contributed by atoms with Crippen molar-refractivity contribution in [2.75, 3.05) is 22.8 Å². The summed E-state index contributed by atoms with van der Waals surface area (Å²) in [5, 5.41) is 21.8. The molecule has 0 amide bonds. The first-order valence-electron chi connectivity index (χ1n) is 9.30. The lowest BCUT2D eigenvalue weighted by molar-refractivity contribution is 0.102. The van der Waals surface area contributed by atoms with Crippen LogP contribution < -0.4 is 9.62 Å². The van der Waals surface area contributed by atoms with Crippen LogP contribution in [-0.2, 0) is 10.0 Å². The van der Waals surface area contributed by atoms with Gasteiger partial charge in [0, 0.05) is 10.5 Å². The number of rotatable bonds is 8. The number of hydrogen-bond donors (Lipinski definition) is 3. The zero-order valence-corrected chi connectivity index (χ0v) is 19.1. The van der Waals surface area contributed by atoms with Gasteiger partial charge in [0.2, 0.25) is 10.0 Å². The zero-order valence-electron chi connectivity index (χ0n) is 15.9. The number of oxazole rings is 1. The summed E-state index contributed by atoms with van der Waals surface area (Å²) in [5.74, 6) is -0.838. The number of nitrogens with zero attached hydrogens (tertiary/aromatic N) is 2. The van der Waals surface area contributed by atoms with Gasteiger partial charge in [0.15, 0.2) is 17.8 Å². The lowest BCUT2D eigenvalue weighted by Crippen LogP contribution is -2.41. The molecule has 0 spiro atoms. The number of nitrogens with one attached hydrogen (secondary N) is 1. The lowest BCUT2D eigenvalue weighted by Gasteiger charge is -2.28. The Bertz CT molecular complexity index is 1230. The molecule has 1 atom stereocenters. The van der Waals surface area contributed by atoms with E-state index in [1.165, 1.54) is 6.07 Å². The van der Waals surface area contributed by atoms with Crippen LogP contribution in [0.1, 0.15) is 12.8 Å². The first-order chi connectivity index (χ1) is 14.7. The second-order valence-electron chi connectivity index (χ2n) is 7.14. The van der Waals surface area contributed by atoms with Crippen LogP contribution in [0.15, 0.2) is 39.5 Å². The molecule has 0 aliphatic heterocycles. The van der Waals surface area contributed by atoms with Gasteiger partial charge in [-0.05, 0) is 31.0 Å². The van der Waals surface area contributed by atoms with Crippen molar-refractivity contribution in [2.24, 2.45) is 0 Å². The third kappa shape index (κ3) is 4.37. The van der Waals surface area contributed by atoms with Gasteiger partial charge in [-0.3, -0.25) is 4.31 Å². The summed E-state index contributed by atoms with van der Waals surface area (Å²) in [5.41, 5.74) is -0.000130. The summed E-state index contributed by atoms with van der Waals surface area (Å²) in [4.78, 5) is 3.86. The van der Waals surface area contributed by atoms with E-state index in [0.29, 0.717) is 23.0 Å². The molecular formula is C19H18BrClFN3O5S. The van der Waals surface area contributed by atoms with Gasteiger partial charge in [0.1, 0.15) is 11.2 Å². The smallest absolute Gasteiger partial charge is 0.238 e. The van der Waals surface area contributed by atoms with Gasteiger partial charge >= 0.3 is 0 Å². The first kappa shape index (κ1) is 22.3. The number of halogens is 3. The zero-order chi connectivity index (χ0) is 22.3. The average Bonchev–Trinajstić information content (AvgIpc) is 3.49. The second-order valence-corrected chi connectivity index (χ2v) is 10.6. The van der Waals surface area contributed by atoms with Crippen LogP contribution in [0.5, 0.6) is 0 Å². The van der Waals surface area contributed by atoms with Gasteiger partial charge < -0.3 is 19.9 Å². The van der Waals surface area contributed by atoms with Gasteiger partial charge in [0.25, 0.3) is 0 Å². The highest BCUT2D eigenvalue weighted by Crippen LogP contribution is 2.42. The Morgan fingerprint density at radius 3 is 2.77 bits per heavy atom. The van der Waals surface area contributed by atoms with Gasteiger partial charge in [-0.2, -0.15) is 0 Å². The molecule has 1 heterocycles. The Kier molecular flexibility index (Phi) is 6.14. The van der Waals surface area contributed by atoms with Gasteiger partial charge in [0.05, 0.1) is 40.9 Å². The fraction of sp³-hybridized carbons (Fsp3) is 0.316. The van der Waals surface area contributed by atoms with Crippen LogP contribution >= 0.6 is 27.5 Å². The summed E-state index contributed by atoms with van der Waals surface area (Å²) in [7, 11) is -3.93. The van der Waals surface area contributed by atoms with Crippen molar-refractivity contribution in [1.82, 2.24) is 4.98 Å². The third-order valence-corrected chi connectivity index (χ3v) is 7.93. The Morgan fingerprint density at radius 1 is 1.39 bits per heavy atom. The van der Waals surface area contributed by atoms with E-state index in [-0.39, 0.29) is 27.5 Å². The van der Waals surface area contributed by atoms with Crippen molar-refractivity contribution in [3.8, 4) is 0 Å². The molecule has 0 radical (unpaired) electrons. The Morgan fingerprint density at radius 2 is 2.13 bits per heavy atom. The Hall–Kier alpha value is -1.92. The molecule has 1 unspecified atom stereocenters. The molecule has 1 aliphatic carbocycles. The van der Waals surface area contributed by atoms with Gasteiger partial charge in [-0.1, -0.05) is 27.5 Å².